The second-order valence-corrected chi connectivity index (χ2v) is 4.62. The van der Waals surface area contributed by atoms with Crippen LogP contribution in [0.15, 0.2) is 36.5 Å². The SMILES string of the molecule is Nc1nccc(C2=C(c3ccc(F)cc3)CCC2)n1. The highest BCUT2D eigenvalue weighted by atomic mass is 19.1. The van der Waals surface area contributed by atoms with Crippen LogP contribution in [0.4, 0.5) is 10.3 Å². The predicted molar refractivity (Wildman–Crippen MR) is 73.5 cm³/mol. The molecule has 4 heteroatoms. The monoisotopic (exact) mass is 255 g/mol. The molecule has 19 heavy (non-hydrogen) atoms. The van der Waals surface area contributed by atoms with E-state index in [2.05, 4.69) is 9.97 Å². The molecule has 1 aromatic carbocycles. The summed E-state index contributed by atoms with van der Waals surface area (Å²) in [6.07, 6.45) is 4.73. The molecule has 0 amide bonds. The first kappa shape index (κ1) is 11.8. The predicted octanol–water partition coefficient (Wildman–Crippen LogP) is 3.29. The summed E-state index contributed by atoms with van der Waals surface area (Å²) >= 11 is 0. The minimum absolute atomic E-state index is 0.213. The minimum atomic E-state index is -0.213. The number of halogens is 1. The Morgan fingerprint density at radius 1 is 1.00 bits per heavy atom. The standard InChI is InChI=1S/C15H14FN3/c16-11-6-4-10(5-7-11)12-2-1-3-13(12)14-8-9-18-15(17)19-14/h4-9H,1-3H2,(H2,17,18,19). The average Bonchev–Trinajstić information content (AvgIpc) is 2.89. The lowest BCUT2D eigenvalue weighted by atomic mass is 10.0. The van der Waals surface area contributed by atoms with Gasteiger partial charge in [-0.1, -0.05) is 12.1 Å². The number of nitrogen functional groups attached to an aromatic ring is 1. The summed E-state index contributed by atoms with van der Waals surface area (Å²) < 4.78 is 13.0. The number of benzene rings is 1. The average molecular weight is 255 g/mol. The molecule has 0 bridgehead atoms. The summed E-state index contributed by atoms with van der Waals surface area (Å²) in [5.74, 6) is 0.0746. The molecular formula is C15H14FN3. The largest absolute Gasteiger partial charge is 0.368 e. The maximum Gasteiger partial charge on any atom is 0.220 e. The van der Waals surface area contributed by atoms with Crippen LogP contribution in [-0.2, 0) is 0 Å². The molecule has 2 aromatic rings. The molecule has 0 saturated carbocycles. The van der Waals surface area contributed by atoms with Crippen LogP contribution in [0.5, 0.6) is 0 Å². The summed E-state index contributed by atoms with van der Waals surface area (Å²) in [7, 11) is 0. The van der Waals surface area contributed by atoms with Gasteiger partial charge in [0.1, 0.15) is 5.82 Å². The van der Waals surface area contributed by atoms with Gasteiger partial charge >= 0.3 is 0 Å². The van der Waals surface area contributed by atoms with E-state index in [9.17, 15) is 4.39 Å². The summed E-state index contributed by atoms with van der Waals surface area (Å²) in [4.78, 5) is 8.20. The number of rotatable bonds is 2. The van der Waals surface area contributed by atoms with Crippen LogP contribution in [0.1, 0.15) is 30.5 Å². The molecular weight excluding hydrogens is 241 g/mol. The van der Waals surface area contributed by atoms with Crippen LogP contribution in [0, 0.1) is 5.82 Å². The van der Waals surface area contributed by atoms with Gasteiger partial charge in [-0.15, -0.1) is 0 Å². The maximum atomic E-state index is 13.0. The van der Waals surface area contributed by atoms with Gasteiger partial charge in [-0.3, -0.25) is 0 Å². The molecule has 0 fully saturated rings. The van der Waals surface area contributed by atoms with E-state index in [-0.39, 0.29) is 11.8 Å². The van der Waals surface area contributed by atoms with Crippen LogP contribution in [0.25, 0.3) is 11.1 Å². The van der Waals surface area contributed by atoms with Crippen LogP contribution in [0.3, 0.4) is 0 Å². The molecule has 0 unspecified atom stereocenters. The van der Waals surface area contributed by atoms with Crippen molar-refractivity contribution in [1.29, 1.82) is 0 Å². The van der Waals surface area contributed by atoms with Crippen molar-refractivity contribution >= 4 is 17.1 Å². The third-order valence-corrected chi connectivity index (χ3v) is 3.39. The number of allylic oxidation sites excluding steroid dienone is 2. The van der Waals surface area contributed by atoms with Gasteiger partial charge in [0.25, 0.3) is 0 Å². The molecule has 3 nitrogen and oxygen atoms in total. The first-order chi connectivity index (χ1) is 9.24. The van der Waals surface area contributed by atoms with Gasteiger partial charge in [-0.2, -0.15) is 0 Å². The number of hydrogen-bond acceptors (Lipinski definition) is 3. The Morgan fingerprint density at radius 2 is 1.74 bits per heavy atom. The van der Waals surface area contributed by atoms with Crippen LogP contribution in [0.2, 0.25) is 0 Å². The van der Waals surface area contributed by atoms with Crippen molar-refractivity contribution < 1.29 is 4.39 Å². The molecule has 96 valence electrons. The normalized spacial score (nSPS) is 15.0. The van der Waals surface area contributed by atoms with Crippen LogP contribution < -0.4 is 5.73 Å². The zero-order valence-electron chi connectivity index (χ0n) is 10.4. The molecule has 3 rings (SSSR count). The van der Waals surface area contributed by atoms with Crippen molar-refractivity contribution in [3.63, 3.8) is 0 Å². The molecule has 1 aromatic heterocycles. The summed E-state index contributed by atoms with van der Waals surface area (Å²) in [5.41, 5.74) is 10.0. The zero-order valence-corrected chi connectivity index (χ0v) is 10.4. The van der Waals surface area contributed by atoms with E-state index in [1.807, 2.05) is 18.2 Å². The van der Waals surface area contributed by atoms with E-state index in [0.29, 0.717) is 0 Å². The Morgan fingerprint density at radius 3 is 2.47 bits per heavy atom. The minimum Gasteiger partial charge on any atom is -0.368 e. The lowest BCUT2D eigenvalue weighted by Crippen LogP contribution is -1.97. The molecule has 0 radical (unpaired) electrons. The number of anilines is 1. The van der Waals surface area contributed by atoms with Crippen molar-refractivity contribution in [2.45, 2.75) is 19.3 Å². The fourth-order valence-corrected chi connectivity index (χ4v) is 2.54. The Balaban J connectivity index is 2.07. The fourth-order valence-electron chi connectivity index (χ4n) is 2.54. The van der Waals surface area contributed by atoms with E-state index in [0.717, 1.165) is 30.5 Å². The van der Waals surface area contributed by atoms with Crippen molar-refractivity contribution in [2.75, 3.05) is 5.73 Å². The van der Waals surface area contributed by atoms with Crippen molar-refractivity contribution in [1.82, 2.24) is 9.97 Å². The van der Waals surface area contributed by atoms with Crippen molar-refractivity contribution in [2.24, 2.45) is 0 Å². The second kappa shape index (κ2) is 4.80. The maximum absolute atomic E-state index is 13.0. The van der Waals surface area contributed by atoms with E-state index >= 15 is 0 Å². The fraction of sp³-hybridized carbons (Fsp3) is 0.200. The smallest absolute Gasteiger partial charge is 0.220 e. The molecule has 0 atom stereocenters. The topological polar surface area (TPSA) is 51.8 Å². The third-order valence-electron chi connectivity index (χ3n) is 3.39. The molecule has 0 aliphatic heterocycles. The lowest BCUT2D eigenvalue weighted by molar-refractivity contribution is 0.627. The number of nitrogens with two attached hydrogens (primary N) is 1. The Labute approximate surface area is 111 Å². The van der Waals surface area contributed by atoms with Gasteiger partial charge in [-0.05, 0) is 54.2 Å². The molecule has 0 spiro atoms. The molecule has 0 saturated heterocycles. The number of hydrogen-bond donors (Lipinski definition) is 1. The van der Waals surface area contributed by atoms with Gasteiger partial charge in [0, 0.05) is 6.20 Å². The van der Waals surface area contributed by atoms with Gasteiger partial charge in [0.2, 0.25) is 5.95 Å². The van der Waals surface area contributed by atoms with Crippen molar-refractivity contribution in [3.8, 4) is 0 Å². The van der Waals surface area contributed by atoms with E-state index in [1.54, 1.807) is 6.20 Å². The zero-order chi connectivity index (χ0) is 13.2. The highest BCUT2D eigenvalue weighted by Crippen LogP contribution is 2.38. The van der Waals surface area contributed by atoms with Gasteiger partial charge in [-0.25, -0.2) is 14.4 Å². The van der Waals surface area contributed by atoms with Gasteiger partial charge < -0.3 is 5.73 Å². The number of aromatic nitrogens is 2. The van der Waals surface area contributed by atoms with E-state index in [4.69, 9.17) is 5.73 Å². The summed E-state index contributed by atoms with van der Waals surface area (Å²) in [6, 6.07) is 8.50. The second-order valence-electron chi connectivity index (χ2n) is 4.62. The van der Waals surface area contributed by atoms with E-state index in [1.165, 1.54) is 23.3 Å². The Hall–Kier alpha value is -2.23. The van der Waals surface area contributed by atoms with Gasteiger partial charge in [0.05, 0.1) is 5.69 Å². The Bertz CT molecular complexity index is 632. The van der Waals surface area contributed by atoms with Crippen molar-refractivity contribution in [3.05, 3.63) is 53.6 Å². The molecule has 1 aliphatic carbocycles. The quantitative estimate of drug-likeness (QED) is 0.895. The third kappa shape index (κ3) is 2.34. The highest BCUT2D eigenvalue weighted by Gasteiger charge is 2.18. The van der Waals surface area contributed by atoms with Gasteiger partial charge in [0.15, 0.2) is 0 Å². The first-order valence-electron chi connectivity index (χ1n) is 6.31. The first-order valence-corrected chi connectivity index (χ1v) is 6.31. The summed E-state index contributed by atoms with van der Waals surface area (Å²) in [6.45, 7) is 0. The molecule has 1 heterocycles. The van der Waals surface area contributed by atoms with E-state index < -0.39 is 0 Å². The summed E-state index contributed by atoms with van der Waals surface area (Å²) in [5, 5.41) is 0. The number of nitrogens with zero attached hydrogens (tertiary/aromatic N) is 2. The lowest BCUT2D eigenvalue weighted by Gasteiger charge is -2.08. The Kier molecular flexibility index (Phi) is 2.99. The molecule has 2 N–H and O–H groups in total. The highest BCUT2D eigenvalue weighted by molar-refractivity contribution is 5.91. The molecule has 1 aliphatic rings. The van der Waals surface area contributed by atoms with Crippen LogP contribution in [-0.4, -0.2) is 9.97 Å². The van der Waals surface area contributed by atoms with Crippen LogP contribution >= 0.6 is 0 Å².